The van der Waals surface area contributed by atoms with Crippen LogP contribution in [0.5, 0.6) is 0 Å². The zero-order valence-corrected chi connectivity index (χ0v) is 19.1. The smallest absolute Gasteiger partial charge is 0.255 e. The number of hydrogen-bond donors (Lipinski definition) is 3. The summed E-state index contributed by atoms with van der Waals surface area (Å²) in [6, 6.07) is -1.41. The molecule has 0 radical (unpaired) electrons. The Bertz CT molecular complexity index is 689. The lowest BCUT2D eigenvalue weighted by Gasteiger charge is -2.36. The second-order valence-electron chi connectivity index (χ2n) is 9.34. The molecule has 0 aromatic rings. The maximum absolute atomic E-state index is 13.1. The molecule has 30 heavy (non-hydrogen) atoms. The van der Waals surface area contributed by atoms with Crippen molar-refractivity contribution in [3.05, 3.63) is 12.7 Å². The minimum absolute atomic E-state index is 0.272. The van der Waals surface area contributed by atoms with Crippen molar-refractivity contribution in [3.8, 4) is 0 Å². The van der Waals surface area contributed by atoms with Gasteiger partial charge in [0.25, 0.3) is 5.91 Å². The van der Waals surface area contributed by atoms with Crippen LogP contribution < -0.4 is 15.4 Å². The predicted octanol–water partition coefficient (Wildman–Crippen LogP) is 1.52. The fourth-order valence-electron chi connectivity index (χ4n) is 3.51. The summed E-state index contributed by atoms with van der Waals surface area (Å²) in [5.41, 5.74) is -1.65. The number of hydrogen-bond acceptors (Lipinski definition) is 5. The number of nitrogens with one attached hydrogen (secondary N) is 3. The number of carbonyl (C=O) groups excluding carboxylic acids is 4. The van der Waals surface area contributed by atoms with Crippen LogP contribution in [0.2, 0.25) is 0 Å². The van der Waals surface area contributed by atoms with E-state index < -0.39 is 23.0 Å². The molecule has 0 aromatic carbocycles. The van der Waals surface area contributed by atoms with Crippen LogP contribution in [0.3, 0.4) is 0 Å². The standard InChI is InChI=1S/C21H34N4O4S/c1-6-11-21(5,19(29)24-30-14-9-10-14)23-17(27)15-8-7-12-25(15)18(28)16(22-13-26)20(2,3)4/h6,13-16H,1,7-12H2,2-5H3,(H,22,26)(H,23,27)(H,24,29)/t15?,16-,21-/m1/s1. The third-order valence-corrected chi connectivity index (χ3v) is 6.59. The van der Waals surface area contributed by atoms with Crippen LogP contribution >= 0.6 is 11.9 Å². The molecular weight excluding hydrogens is 404 g/mol. The van der Waals surface area contributed by atoms with Crippen molar-refractivity contribution in [3.63, 3.8) is 0 Å². The van der Waals surface area contributed by atoms with Gasteiger partial charge in [-0.3, -0.25) is 23.9 Å². The average Bonchev–Trinajstić information content (AvgIpc) is 3.35. The highest BCUT2D eigenvalue weighted by atomic mass is 32.2. The Hall–Kier alpha value is -2.03. The van der Waals surface area contributed by atoms with E-state index in [1.807, 2.05) is 20.8 Å². The molecule has 2 fully saturated rings. The molecule has 1 saturated carbocycles. The van der Waals surface area contributed by atoms with Gasteiger partial charge in [-0.05, 0) is 56.4 Å². The Morgan fingerprint density at radius 2 is 1.87 bits per heavy atom. The van der Waals surface area contributed by atoms with Crippen molar-refractivity contribution >= 4 is 36.1 Å². The van der Waals surface area contributed by atoms with Gasteiger partial charge in [0.15, 0.2) is 0 Å². The summed E-state index contributed by atoms with van der Waals surface area (Å²) in [6.07, 6.45) is 5.75. The van der Waals surface area contributed by atoms with Gasteiger partial charge >= 0.3 is 0 Å². The summed E-state index contributed by atoms with van der Waals surface area (Å²) in [5.74, 6) is -0.930. The van der Waals surface area contributed by atoms with Gasteiger partial charge in [-0.2, -0.15) is 0 Å². The number of nitrogens with zero attached hydrogens (tertiary/aromatic N) is 1. The molecule has 1 aliphatic heterocycles. The van der Waals surface area contributed by atoms with Crippen molar-refractivity contribution in [2.24, 2.45) is 5.41 Å². The number of rotatable bonds is 10. The van der Waals surface area contributed by atoms with Crippen molar-refractivity contribution in [2.75, 3.05) is 6.54 Å². The number of carbonyl (C=O) groups is 4. The van der Waals surface area contributed by atoms with Crippen molar-refractivity contribution < 1.29 is 19.2 Å². The zero-order valence-electron chi connectivity index (χ0n) is 18.3. The fourth-order valence-corrected chi connectivity index (χ4v) is 4.38. The van der Waals surface area contributed by atoms with E-state index in [1.165, 1.54) is 16.8 Å². The highest BCUT2D eigenvalue weighted by Crippen LogP contribution is 2.32. The average molecular weight is 439 g/mol. The lowest BCUT2D eigenvalue weighted by atomic mass is 9.85. The normalized spacial score (nSPS) is 21.9. The van der Waals surface area contributed by atoms with Crippen LogP contribution in [0.4, 0.5) is 0 Å². The first-order valence-corrected chi connectivity index (χ1v) is 11.3. The number of amides is 4. The Balaban J connectivity index is 2.11. The van der Waals surface area contributed by atoms with Gasteiger partial charge < -0.3 is 15.5 Å². The van der Waals surface area contributed by atoms with E-state index in [2.05, 4.69) is 21.9 Å². The topological polar surface area (TPSA) is 108 Å². The Labute approximate surface area is 183 Å². The van der Waals surface area contributed by atoms with Crippen molar-refractivity contribution in [2.45, 2.75) is 82.7 Å². The van der Waals surface area contributed by atoms with Crippen LogP contribution in [0, 0.1) is 5.41 Å². The molecule has 4 amide bonds. The van der Waals surface area contributed by atoms with E-state index in [0.29, 0.717) is 31.0 Å². The summed E-state index contributed by atoms with van der Waals surface area (Å²) < 4.78 is 2.84. The molecule has 1 unspecified atom stereocenters. The second kappa shape index (κ2) is 9.85. The SMILES string of the molecule is C=CC[C@@](C)(NC(=O)C1CCCN1C(=O)[C@@H](NC=O)C(C)(C)C)C(=O)NSC1CC1. The number of likely N-dealkylation sites (tertiary alicyclic amines) is 1. The molecule has 1 heterocycles. The van der Waals surface area contributed by atoms with Crippen LogP contribution in [-0.4, -0.2) is 58.4 Å². The van der Waals surface area contributed by atoms with Crippen molar-refractivity contribution in [1.29, 1.82) is 0 Å². The molecule has 0 spiro atoms. The van der Waals surface area contributed by atoms with Gasteiger partial charge in [-0.15, -0.1) is 6.58 Å². The van der Waals surface area contributed by atoms with Crippen molar-refractivity contribution in [1.82, 2.24) is 20.3 Å². The van der Waals surface area contributed by atoms with Crippen LogP contribution in [-0.2, 0) is 19.2 Å². The molecule has 0 bridgehead atoms. The zero-order chi connectivity index (χ0) is 22.5. The summed E-state index contributed by atoms with van der Waals surface area (Å²) in [6.45, 7) is 11.4. The van der Waals surface area contributed by atoms with Crippen LogP contribution in [0.1, 0.15) is 59.8 Å². The molecule has 0 aromatic heterocycles. The van der Waals surface area contributed by atoms with Gasteiger partial charge in [-0.25, -0.2) is 0 Å². The second-order valence-corrected chi connectivity index (χ2v) is 10.4. The lowest BCUT2D eigenvalue weighted by Crippen LogP contribution is -2.61. The Morgan fingerprint density at radius 3 is 2.40 bits per heavy atom. The first-order chi connectivity index (χ1) is 14.0. The highest BCUT2D eigenvalue weighted by Gasteiger charge is 2.43. The van der Waals surface area contributed by atoms with Gasteiger partial charge in [0, 0.05) is 11.8 Å². The molecular formula is C21H34N4O4S. The minimum Gasteiger partial charge on any atom is -0.346 e. The largest absolute Gasteiger partial charge is 0.346 e. The summed E-state index contributed by atoms with van der Waals surface area (Å²) >= 11 is 1.39. The molecule has 2 rings (SSSR count). The molecule has 168 valence electrons. The summed E-state index contributed by atoms with van der Waals surface area (Å²) in [7, 11) is 0. The lowest BCUT2D eigenvalue weighted by molar-refractivity contribution is -0.144. The molecule has 8 nitrogen and oxygen atoms in total. The van der Waals surface area contributed by atoms with E-state index in [-0.39, 0.29) is 24.1 Å². The summed E-state index contributed by atoms with van der Waals surface area (Å²) in [5, 5.41) is 5.90. The van der Waals surface area contributed by atoms with E-state index in [0.717, 1.165) is 12.8 Å². The first kappa shape index (κ1) is 24.2. The molecule has 9 heteroatoms. The fraction of sp³-hybridized carbons (Fsp3) is 0.714. The Kier molecular flexibility index (Phi) is 7.96. The molecule has 1 saturated heterocycles. The molecule has 2 aliphatic rings. The van der Waals surface area contributed by atoms with E-state index >= 15 is 0 Å². The third kappa shape index (κ3) is 6.00. The third-order valence-electron chi connectivity index (χ3n) is 5.48. The van der Waals surface area contributed by atoms with Gasteiger partial charge in [0.05, 0.1) is 0 Å². The predicted molar refractivity (Wildman–Crippen MR) is 117 cm³/mol. The monoisotopic (exact) mass is 438 g/mol. The maximum Gasteiger partial charge on any atom is 0.255 e. The van der Waals surface area contributed by atoms with E-state index in [9.17, 15) is 19.2 Å². The Morgan fingerprint density at radius 1 is 1.20 bits per heavy atom. The van der Waals surface area contributed by atoms with Gasteiger partial charge in [-0.1, -0.05) is 26.8 Å². The highest BCUT2D eigenvalue weighted by molar-refractivity contribution is 7.98. The van der Waals surface area contributed by atoms with Gasteiger partial charge in [0.2, 0.25) is 18.2 Å². The minimum atomic E-state index is -1.15. The summed E-state index contributed by atoms with van der Waals surface area (Å²) in [4.78, 5) is 51.6. The first-order valence-electron chi connectivity index (χ1n) is 10.4. The van der Waals surface area contributed by atoms with Crippen LogP contribution in [0.15, 0.2) is 12.7 Å². The molecule has 1 aliphatic carbocycles. The van der Waals surface area contributed by atoms with Crippen LogP contribution in [0.25, 0.3) is 0 Å². The van der Waals surface area contributed by atoms with Gasteiger partial charge in [0.1, 0.15) is 17.6 Å². The van der Waals surface area contributed by atoms with E-state index in [1.54, 1.807) is 13.0 Å². The van der Waals surface area contributed by atoms with E-state index in [4.69, 9.17) is 0 Å². The quantitative estimate of drug-likeness (QED) is 0.272. The molecule has 3 atom stereocenters. The molecule has 3 N–H and O–H groups in total. The maximum atomic E-state index is 13.1.